The molecular weight excluding hydrogens is 310 g/mol. The van der Waals surface area contributed by atoms with Gasteiger partial charge in [-0.05, 0) is 26.3 Å². The summed E-state index contributed by atoms with van der Waals surface area (Å²) >= 11 is 7.37. The number of halogens is 1. The number of methoxy groups -OCH3 is 1. The maximum Gasteiger partial charge on any atom is 0.216 e. The molecule has 3 heterocycles. The largest absolute Gasteiger partial charge is 0.481 e. The fraction of sp³-hybridized carbons (Fsp3) is 0.615. The van der Waals surface area contributed by atoms with E-state index >= 15 is 0 Å². The number of hydrogen-bond donors (Lipinski definition) is 0. The molecule has 1 atom stereocenters. The summed E-state index contributed by atoms with van der Waals surface area (Å²) in [6, 6.07) is 0.298. The van der Waals surface area contributed by atoms with Crippen molar-refractivity contribution in [2.24, 2.45) is 7.05 Å². The summed E-state index contributed by atoms with van der Waals surface area (Å²) in [6.07, 6.45) is 2.25. The van der Waals surface area contributed by atoms with Gasteiger partial charge in [0.1, 0.15) is 10.0 Å². The van der Waals surface area contributed by atoms with E-state index in [9.17, 15) is 0 Å². The first kappa shape index (κ1) is 14.7. The van der Waals surface area contributed by atoms with Gasteiger partial charge in [-0.2, -0.15) is 5.10 Å². The molecule has 1 aliphatic heterocycles. The molecule has 2 aromatic rings. The molecule has 21 heavy (non-hydrogen) atoms. The zero-order valence-electron chi connectivity index (χ0n) is 12.3. The van der Waals surface area contributed by atoms with Crippen LogP contribution in [0.3, 0.4) is 0 Å². The van der Waals surface area contributed by atoms with Crippen LogP contribution in [0.4, 0.5) is 0 Å². The number of ether oxygens (including phenoxy) is 1. The van der Waals surface area contributed by atoms with E-state index in [1.807, 2.05) is 14.0 Å². The lowest BCUT2D eigenvalue weighted by Gasteiger charge is -2.24. The number of hydrogen-bond acceptors (Lipinski definition) is 6. The molecule has 1 fully saturated rings. The van der Waals surface area contributed by atoms with Crippen molar-refractivity contribution >= 4 is 23.1 Å². The summed E-state index contributed by atoms with van der Waals surface area (Å²) in [4.78, 5) is 2.38. The van der Waals surface area contributed by atoms with E-state index in [2.05, 4.69) is 19.6 Å². The summed E-state index contributed by atoms with van der Waals surface area (Å²) in [5.41, 5.74) is 3.06. The third-order valence-corrected chi connectivity index (χ3v) is 4.95. The van der Waals surface area contributed by atoms with E-state index in [4.69, 9.17) is 16.3 Å². The van der Waals surface area contributed by atoms with Crippen molar-refractivity contribution in [1.29, 1.82) is 0 Å². The highest BCUT2D eigenvalue weighted by Crippen LogP contribution is 2.39. The zero-order chi connectivity index (χ0) is 15.0. The highest BCUT2D eigenvalue weighted by molar-refractivity contribution is 7.10. The minimum atomic E-state index is 0.298. The van der Waals surface area contributed by atoms with Gasteiger partial charge in [0.05, 0.1) is 18.4 Å². The van der Waals surface area contributed by atoms with Crippen LogP contribution in [-0.2, 0) is 13.6 Å². The van der Waals surface area contributed by atoms with Crippen LogP contribution in [0, 0.1) is 6.92 Å². The Hall–Kier alpha value is -1.18. The molecule has 2 aromatic heterocycles. The quantitative estimate of drug-likeness (QED) is 0.864. The maximum atomic E-state index is 6.13. The van der Waals surface area contributed by atoms with Gasteiger partial charge < -0.3 is 4.74 Å². The van der Waals surface area contributed by atoms with Crippen molar-refractivity contribution in [2.45, 2.75) is 32.4 Å². The summed E-state index contributed by atoms with van der Waals surface area (Å²) in [5, 5.41) is 8.61. The molecule has 0 radical (unpaired) electrons. The first-order valence-electron chi connectivity index (χ1n) is 6.90. The molecule has 0 spiro atoms. The third kappa shape index (κ3) is 2.65. The molecule has 0 unspecified atom stereocenters. The highest BCUT2D eigenvalue weighted by atomic mass is 35.5. The fourth-order valence-electron chi connectivity index (χ4n) is 3.11. The Balaban J connectivity index is 1.89. The van der Waals surface area contributed by atoms with E-state index in [1.54, 1.807) is 11.8 Å². The van der Waals surface area contributed by atoms with Gasteiger partial charge in [0.15, 0.2) is 0 Å². The molecule has 0 aliphatic carbocycles. The second-order valence-electron chi connectivity index (χ2n) is 5.25. The summed E-state index contributed by atoms with van der Waals surface area (Å²) in [6.45, 7) is 3.78. The highest BCUT2D eigenvalue weighted by Gasteiger charge is 2.32. The third-order valence-electron chi connectivity index (χ3n) is 3.97. The van der Waals surface area contributed by atoms with Gasteiger partial charge in [-0.1, -0.05) is 16.1 Å². The van der Waals surface area contributed by atoms with Crippen molar-refractivity contribution < 1.29 is 4.74 Å². The van der Waals surface area contributed by atoms with E-state index in [0.29, 0.717) is 10.4 Å². The van der Waals surface area contributed by atoms with Crippen LogP contribution in [-0.4, -0.2) is 37.9 Å². The van der Waals surface area contributed by atoms with Gasteiger partial charge in [0.25, 0.3) is 0 Å². The van der Waals surface area contributed by atoms with Crippen LogP contribution < -0.4 is 4.74 Å². The topological polar surface area (TPSA) is 56.1 Å². The van der Waals surface area contributed by atoms with Gasteiger partial charge in [-0.3, -0.25) is 4.90 Å². The molecule has 0 N–H and O–H groups in total. The Morgan fingerprint density at radius 2 is 2.29 bits per heavy atom. The van der Waals surface area contributed by atoms with Crippen LogP contribution in [0.25, 0.3) is 0 Å². The standard InChI is InChI=1S/C13H18ClN5OS/c1-8-11(13(20-3)18(2)16-8)10-5-4-6-19(10)7-9-12(14)21-17-15-9/h10H,4-7H2,1-3H3/t10-/m0/s1. The lowest BCUT2D eigenvalue weighted by atomic mass is 10.0. The first-order valence-corrected chi connectivity index (χ1v) is 8.05. The number of aromatic nitrogens is 4. The number of rotatable bonds is 4. The molecule has 0 aromatic carbocycles. The lowest BCUT2D eigenvalue weighted by Crippen LogP contribution is -2.23. The van der Waals surface area contributed by atoms with E-state index in [0.717, 1.165) is 43.2 Å². The Morgan fingerprint density at radius 3 is 2.95 bits per heavy atom. The predicted octanol–water partition coefficient (Wildman–Crippen LogP) is 2.58. The maximum absolute atomic E-state index is 6.13. The van der Waals surface area contributed by atoms with E-state index in [-0.39, 0.29) is 0 Å². The van der Waals surface area contributed by atoms with Crippen molar-refractivity contribution in [3.05, 3.63) is 21.3 Å². The predicted molar refractivity (Wildman–Crippen MR) is 81.8 cm³/mol. The fourth-order valence-corrected chi connectivity index (χ4v) is 3.72. The Morgan fingerprint density at radius 1 is 1.48 bits per heavy atom. The van der Waals surface area contributed by atoms with Gasteiger partial charge in [-0.25, -0.2) is 4.68 Å². The average molecular weight is 328 g/mol. The molecule has 0 amide bonds. The molecule has 0 bridgehead atoms. The minimum Gasteiger partial charge on any atom is -0.481 e. The first-order chi connectivity index (χ1) is 10.1. The summed E-state index contributed by atoms with van der Waals surface area (Å²) < 4.78 is 11.9. The van der Waals surface area contributed by atoms with Crippen molar-refractivity contribution in [3.63, 3.8) is 0 Å². The molecule has 1 saturated heterocycles. The van der Waals surface area contributed by atoms with E-state index in [1.165, 1.54) is 17.1 Å². The summed E-state index contributed by atoms with van der Waals surface area (Å²) in [7, 11) is 3.61. The van der Waals surface area contributed by atoms with Crippen molar-refractivity contribution in [2.75, 3.05) is 13.7 Å². The molecule has 3 rings (SSSR count). The molecule has 114 valence electrons. The number of aryl methyl sites for hydroxylation is 2. The van der Waals surface area contributed by atoms with Crippen LogP contribution in [0.5, 0.6) is 5.88 Å². The molecule has 0 saturated carbocycles. The Labute approximate surface area is 132 Å². The van der Waals surface area contributed by atoms with Gasteiger partial charge in [0.2, 0.25) is 5.88 Å². The van der Waals surface area contributed by atoms with Crippen LogP contribution in [0.1, 0.15) is 35.8 Å². The van der Waals surface area contributed by atoms with Crippen LogP contribution in [0.15, 0.2) is 0 Å². The van der Waals surface area contributed by atoms with Gasteiger partial charge >= 0.3 is 0 Å². The Kier molecular flexibility index (Phi) is 4.14. The normalized spacial score (nSPS) is 19.3. The van der Waals surface area contributed by atoms with Gasteiger partial charge in [-0.15, -0.1) is 5.10 Å². The Bertz CT molecular complexity index is 641. The average Bonchev–Trinajstić information content (AvgIpc) is 3.11. The second kappa shape index (κ2) is 5.90. The smallest absolute Gasteiger partial charge is 0.216 e. The number of nitrogens with zero attached hydrogens (tertiary/aromatic N) is 5. The molecule has 6 nitrogen and oxygen atoms in total. The minimum absolute atomic E-state index is 0.298. The lowest BCUT2D eigenvalue weighted by molar-refractivity contribution is 0.238. The van der Waals surface area contributed by atoms with Crippen LogP contribution in [0.2, 0.25) is 4.34 Å². The molecule has 1 aliphatic rings. The van der Waals surface area contributed by atoms with Crippen LogP contribution >= 0.6 is 23.1 Å². The van der Waals surface area contributed by atoms with Crippen molar-refractivity contribution in [3.8, 4) is 5.88 Å². The number of likely N-dealkylation sites (tertiary alicyclic amines) is 1. The van der Waals surface area contributed by atoms with E-state index < -0.39 is 0 Å². The zero-order valence-corrected chi connectivity index (χ0v) is 13.9. The second-order valence-corrected chi connectivity index (χ2v) is 6.61. The van der Waals surface area contributed by atoms with Crippen molar-refractivity contribution in [1.82, 2.24) is 24.3 Å². The monoisotopic (exact) mass is 327 g/mol. The SMILES string of the molecule is COc1c([C@@H]2CCCN2Cc2nnsc2Cl)c(C)nn1C. The molecule has 8 heteroatoms. The summed E-state index contributed by atoms with van der Waals surface area (Å²) in [5.74, 6) is 0.840. The van der Waals surface area contributed by atoms with Gasteiger partial charge in [0, 0.05) is 31.2 Å². The molecular formula is C13H18ClN5OS.